The smallest absolute Gasteiger partial charge is 0.244 e. The molecule has 5 heteroatoms. The van der Waals surface area contributed by atoms with E-state index in [9.17, 15) is 14.4 Å². The van der Waals surface area contributed by atoms with Crippen molar-refractivity contribution in [3.8, 4) is 0 Å². The fourth-order valence-electron chi connectivity index (χ4n) is 2.92. The van der Waals surface area contributed by atoms with Crippen LogP contribution in [0.25, 0.3) is 0 Å². The summed E-state index contributed by atoms with van der Waals surface area (Å²) >= 11 is 0. The predicted octanol–water partition coefficient (Wildman–Crippen LogP) is 0.703. The van der Waals surface area contributed by atoms with Crippen molar-refractivity contribution in [1.82, 2.24) is 10.2 Å². The van der Waals surface area contributed by atoms with Crippen LogP contribution in [0.15, 0.2) is 24.3 Å². The molecule has 0 aromatic heterocycles. The van der Waals surface area contributed by atoms with Crippen molar-refractivity contribution in [3.05, 3.63) is 35.4 Å². The lowest BCUT2D eigenvalue weighted by atomic mass is 10.00. The molecule has 3 rings (SSSR count). The van der Waals surface area contributed by atoms with E-state index in [-0.39, 0.29) is 24.0 Å². The van der Waals surface area contributed by atoms with Crippen molar-refractivity contribution in [2.75, 3.05) is 13.6 Å². The molecular formula is C15H16N2O3. The van der Waals surface area contributed by atoms with Crippen LogP contribution in [-0.4, -0.2) is 42.1 Å². The Morgan fingerprint density at radius 1 is 1.30 bits per heavy atom. The highest BCUT2D eigenvalue weighted by molar-refractivity contribution is 6.07. The number of benzene rings is 1. The van der Waals surface area contributed by atoms with Crippen molar-refractivity contribution < 1.29 is 14.4 Å². The van der Waals surface area contributed by atoms with Crippen molar-refractivity contribution >= 4 is 17.6 Å². The highest BCUT2D eigenvalue weighted by Gasteiger charge is 2.37. The molecule has 104 valence electrons. The number of carbonyl (C=O) groups excluding carboxylic acids is 3. The quantitative estimate of drug-likeness (QED) is 0.862. The van der Waals surface area contributed by atoms with Gasteiger partial charge in [0.25, 0.3) is 0 Å². The van der Waals surface area contributed by atoms with Crippen molar-refractivity contribution in [2.45, 2.75) is 24.8 Å². The van der Waals surface area contributed by atoms with E-state index in [0.717, 1.165) is 5.56 Å². The maximum atomic E-state index is 12.3. The lowest BCUT2D eigenvalue weighted by molar-refractivity contribution is -0.132. The zero-order valence-electron chi connectivity index (χ0n) is 11.3. The fraction of sp³-hybridized carbons (Fsp3) is 0.400. The van der Waals surface area contributed by atoms with Crippen molar-refractivity contribution in [3.63, 3.8) is 0 Å². The van der Waals surface area contributed by atoms with Gasteiger partial charge in [0, 0.05) is 25.6 Å². The van der Waals surface area contributed by atoms with E-state index in [4.69, 9.17) is 0 Å². The van der Waals surface area contributed by atoms with E-state index in [1.807, 2.05) is 12.1 Å². The van der Waals surface area contributed by atoms with Gasteiger partial charge in [-0.15, -0.1) is 0 Å². The second-order valence-electron chi connectivity index (χ2n) is 5.38. The minimum Gasteiger partial charge on any atom is -0.344 e. The van der Waals surface area contributed by atoms with Crippen LogP contribution in [0.4, 0.5) is 0 Å². The van der Waals surface area contributed by atoms with Crippen LogP contribution in [0.5, 0.6) is 0 Å². The molecule has 1 heterocycles. The second kappa shape index (κ2) is 4.74. The molecule has 0 bridgehead atoms. The van der Waals surface area contributed by atoms with Gasteiger partial charge in [0.05, 0.1) is 5.92 Å². The maximum absolute atomic E-state index is 12.3. The summed E-state index contributed by atoms with van der Waals surface area (Å²) in [4.78, 5) is 37.6. The average molecular weight is 272 g/mol. The van der Waals surface area contributed by atoms with E-state index in [0.29, 0.717) is 18.5 Å². The number of nitrogens with one attached hydrogen (secondary N) is 1. The molecule has 1 N–H and O–H groups in total. The Kier molecular flexibility index (Phi) is 3.04. The van der Waals surface area contributed by atoms with Gasteiger partial charge >= 0.3 is 0 Å². The summed E-state index contributed by atoms with van der Waals surface area (Å²) in [5.74, 6) is -0.749. The monoisotopic (exact) mass is 272 g/mol. The van der Waals surface area contributed by atoms with Crippen LogP contribution in [0.2, 0.25) is 0 Å². The number of likely N-dealkylation sites (N-methyl/N-ethyl adjacent to an activating group) is 1. The van der Waals surface area contributed by atoms with Crippen LogP contribution in [-0.2, 0) is 9.59 Å². The molecule has 2 amide bonds. The Labute approximate surface area is 116 Å². The summed E-state index contributed by atoms with van der Waals surface area (Å²) in [6, 6.07) is 6.74. The molecule has 1 aliphatic heterocycles. The Morgan fingerprint density at radius 3 is 2.75 bits per heavy atom. The number of carbonyl (C=O) groups is 3. The highest BCUT2D eigenvalue weighted by atomic mass is 16.2. The van der Waals surface area contributed by atoms with Crippen LogP contribution in [0.3, 0.4) is 0 Å². The minimum atomic E-state index is -0.461. The molecular weight excluding hydrogens is 256 g/mol. The molecule has 0 spiro atoms. The van der Waals surface area contributed by atoms with E-state index >= 15 is 0 Å². The van der Waals surface area contributed by atoms with Gasteiger partial charge in [-0.05, 0) is 12.0 Å². The normalized spacial score (nSPS) is 24.9. The van der Waals surface area contributed by atoms with Gasteiger partial charge < -0.3 is 10.2 Å². The topological polar surface area (TPSA) is 66.5 Å². The summed E-state index contributed by atoms with van der Waals surface area (Å²) in [7, 11) is 1.73. The number of ketones is 1. The third kappa shape index (κ3) is 1.99. The summed E-state index contributed by atoms with van der Waals surface area (Å²) in [5.41, 5.74) is 1.40. The first-order valence-corrected chi connectivity index (χ1v) is 6.75. The number of likely N-dealkylation sites (tertiary alicyclic amines) is 1. The zero-order valence-corrected chi connectivity index (χ0v) is 11.3. The number of hydrogen-bond donors (Lipinski definition) is 1. The molecule has 0 radical (unpaired) electrons. The first-order chi connectivity index (χ1) is 9.58. The number of Topliss-reactive ketones (excluding diaryl/α,β-unsaturated/α-hetero) is 1. The molecule has 1 aromatic carbocycles. The van der Waals surface area contributed by atoms with Gasteiger partial charge in [0.15, 0.2) is 5.78 Å². The van der Waals surface area contributed by atoms with E-state index in [1.165, 1.54) is 0 Å². The molecule has 1 aromatic rings. The Bertz CT molecular complexity index is 597. The molecule has 1 fully saturated rings. The van der Waals surface area contributed by atoms with Crippen molar-refractivity contribution in [1.29, 1.82) is 0 Å². The lowest BCUT2D eigenvalue weighted by Gasteiger charge is -2.16. The standard InChI is InChI=1S/C15H16N2O3/c1-17-7-6-12(15(17)20)16-14(19)11-8-13(18)10-5-3-2-4-9(10)11/h2-5,11-12H,6-8H2,1H3,(H,16,19)/t11-,12+/m1/s1. The summed E-state index contributed by atoms with van der Waals surface area (Å²) in [6.07, 6.45) is 0.825. The van der Waals surface area contributed by atoms with Crippen molar-refractivity contribution in [2.24, 2.45) is 0 Å². The van der Waals surface area contributed by atoms with Gasteiger partial charge in [0.2, 0.25) is 11.8 Å². The molecule has 2 atom stereocenters. The number of amides is 2. The molecule has 20 heavy (non-hydrogen) atoms. The molecule has 1 aliphatic carbocycles. The van der Waals surface area contributed by atoms with E-state index in [1.54, 1.807) is 24.1 Å². The Balaban J connectivity index is 1.76. The van der Waals surface area contributed by atoms with Gasteiger partial charge in [-0.3, -0.25) is 14.4 Å². The van der Waals surface area contributed by atoms with Crippen LogP contribution in [0, 0.1) is 0 Å². The summed E-state index contributed by atoms with van der Waals surface area (Å²) in [5, 5.41) is 2.78. The van der Waals surface area contributed by atoms with Gasteiger partial charge in [-0.1, -0.05) is 24.3 Å². The fourth-order valence-corrected chi connectivity index (χ4v) is 2.92. The van der Waals surface area contributed by atoms with E-state index < -0.39 is 12.0 Å². The molecule has 0 unspecified atom stereocenters. The predicted molar refractivity (Wildman–Crippen MR) is 72.3 cm³/mol. The third-order valence-corrected chi connectivity index (χ3v) is 4.09. The Morgan fingerprint density at radius 2 is 2.05 bits per heavy atom. The lowest BCUT2D eigenvalue weighted by Crippen LogP contribution is -2.42. The molecule has 1 saturated heterocycles. The van der Waals surface area contributed by atoms with Gasteiger partial charge in [-0.25, -0.2) is 0 Å². The first-order valence-electron chi connectivity index (χ1n) is 6.75. The van der Waals surface area contributed by atoms with E-state index in [2.05, 4.69) is 5.32 Å². The number of nitrogens with zero attached hydrogens (tertiary/aromatic N) is 1. The van der Waals surface area contributed by atoms with Gasteiger partial charge in [-0.2, -0.15) is 0 Å². The van der Waals surface area contributed by atoms with Crippen LogP contribution < -0.4 is 5.32 Å². The highest BCUT2D eigenvalue weighted by Crippen LogP contribution is 2.33. The summed E-state index contributed by atoms with van der Waals surface area (Å²) in [6.45, 7) is 0.657. The second-order valence-corrected chi connectivity index (χ2v) is 5.38. The molecule has 5 nitrogen and oxygen atoms in total. The SMILES string of the molecule is CN1CC[C@H](NC(=O)[C@@H]2CC(=O)c3ccccc32)C1=O. The largest absolute Gasteiger partial charge is 0.344 e. The van der Waals surface area contributed by atoms with Crippen LogP contribution in [0.1, 0.15) is 34.7 Å². The first kappa shape index (κ1) is 12.8. The minimum absolute atomic E-state index is 0.00406. The number of hydrogen-bond acceptors (Lipinski definition) is 3. The Hall–Kier alpha value is -2.17. The zero-order chi connectivity index (χ0) is 14.3. The van der Waals surface area contributed by atoms with Crippen LogP contribution >= 0.6 is 0 Å². The number of fused-ring (bicyclic) bond motifs is 1. The average Bonchev–Trinajstić information content (AvgIpc) is 2.94. The molecule has 0 saturated carbocycles. The maximum Gasteiger partial charge on any atom is 0.244 e. The molecule has 2 aliphatic rings. The van der Waals surface area contributed by atoms with Gasteiger partial charge in [0.1, 0.15) is 6.04 Å². The summed E-state index contributed by atoms with van der Waals surface area (Å²) < 4.78 is 0. The third-order valence-electron chi connectivity index (χ3n) is 4.09. The number of rotatable bonds is 2.